The fourth-order valence-electron chi connectivity index (χ4n) is 2.41. The number of nitrogens with one attached hydrogen (secondary N) is 1. The summed E-state index contributed by atoms with van der Waals surface area (Å²) in [6.45, 7) is 2.12. The van der Waals surface area contributed by atoms with Gasteiger partial charge < -0.3 is 14.5 Å². The third-order valence-corrected chi connectivity index (χ3v) is 3.44. The Balaban J connectivity index is 1.83. The van der Waals surface area contributed by atoms with Gasteiger partial charge in [0.25, 0.3) is 0 Å². The first-order valence-corrected chi connectivity index (χ1v) is 6.98. The van der Waals surface area contributed by atoms with Gasteiger partial charge in [0, 0.05) is 24.0 Å². The first-order chi connectivity index (χ1) is 10.3. The third-order valence-electron chi connectivity index (χ3n) is 3.44. The number of hydrogen-bond acceptors (Lipinski definition) is 4. The summed E-state index contributed by atoms with van der Waals surface area (Å²) in [6.07, 6.45) is 4.33. The van der Waals surface area contributed by atoms with E-state index in [1.807, 2.05) is 42.6 Å². The Labute approximate surface area is 123 Å². The molecule has 3 rings (SSSR count). The number of fused-ring (bicyclic) bond motifs is 1. The zero-order valence-corrected chi connectivity index (χ0v) is 12.2. The van der Waals surface area contributed by atoms with E-state index in [0.29, 0.717) is 0 Å². The predicted octanol–water partition coefficient (Wildman–Crippen LogP) is 3.88. The molecule has 2 aromatic heterocycles. The van der Waals surface area contributed by atoms with E-state index in [0.717, 1.165) is 34.5 Å². The molecule has 4 nitrogen and oxygen atoms in total. The molecule has 0 aliphatic rings. The van der Waals surface area contributed by atoms with Gasteiger partial charge in [-0.05, 0) is 48.7 Å². The lowest BCUT2D eigenvalue weighted by Gasteiger charge is -2.15. The van der Waals surface area contributed by atoms with Crippen molar-refractivity contribution in [2.75, 3.05) is 12.4 Å². The smallest absolute Gasteiger partial charge is 0.134 e. The summed E-state index contributed by atoms with van der Waals surface area (Å²) in [4.78, 5) is 4.45. The maximum Gasteiger partial charge on any atom is 0.134 e. The molecule has 1 aromatic carbocycles. The van der Waals surface area contributed by atoms with Crippen LogP contribution >= 0.6 is 0 Å². The van der Waals surface area contributed by atoms with E-state index in [9.17, 15) is 0 Å². The van der Waals surface area contributed by atoms with Crippen molar-refractivity contribution in [1.29, 1.82) is 0 Å². The highest BCUT2D eigenvalue weighted by Gasteiger charge is 2.09. The molecule has 21 heavy (non-hydrogen) atoms. The highest BCUT2D eigenvalue weighted by atomic mass is 16.5. The topological polar surface area (TPSA) is 47.3 Å². The van der Waals surface area contributed by atoms with Gasteiger partial charge in [-0.3, -0.25) is 0 Å². The van der Waals surface area contributed by atoms with Crippen LogP contribution in [0.25, 0.3) is 10.8 Å². The van der Waals surface area contributed by atoms with Gasteiger partial charge >= 0.3 is 0 Å². The minimum Gasteiger partial charge on any atom is -0.497 e. The number of benzene rings is 1. The van der Waals surface area contributed by atoms with Gasteiger partial charge in [0.05, 0.1) is 13.4 Å². The number of pyridine rings is 1. The van der Waals surface area contributed by atoms with Crippen LogP contribution in [0.1, 0.15) is 12.7 Å². The molecule has 108 valence electrons. The van der Waals surface area contributed by atoms with Crippen LogP contribution in [0.2, 0.25) is 0 Å². The summed E-state index contributed by atoms with van der Waals surface area (Å²) in [6, 6.07) is 12.1. The number of hydrogen-bond donors (Lipinski definition) is 1. The highest BCUT2D eigenvalue weighted by Crippen LogP contribution is 2.25. The maximum absolute atomic E-state index is 5.38. The number of nitrogens with zero attached hydrogens (tertiary/aromatic N) is 1. The Morgan fingerprint density at radius 2 is 2.19 bits per heavy atom. The molecular weight excluding hydrogens is 264 g/mol. The van der Waals surface area contributed by atoms with Crippen molar-refractivity contribution < 1.29 is 9.15 Å². The second kappa shape index (κ2) is 5.87. The van der Waals surface area contributed by atoms with E-state index in [1.54, 1.807) is 13.4 Å². The first kappa shape index (κ1) is 13.5. The number of rotatable bonds is 5. The molecule has 0 aliphatic heterocycles. The summed E-state index contributed by atoms with van der Waals surface area (Å²) in [5, 5.41) is 5.64. The Bertz CT molecular complexity index is 723. The fraction of sp³-hybridized carbons (Fsp3) is 0.235. The average molecular weight is 282 g/mol. The molecule has 3 aromatic rings. The Morgan fingerprint density at radius 3 is 2.95 bits per heavy atom. The Kier molecular flexibility index (Phi) is 3.77. The second-order valence-electron chi connectivity index (χ2n) is 5.08. The van der Waals surface area contributed by atoms with E-state index in [-0.39, 0.29) is 6.04 Å². The van der Waals surface area contributed by atoms with E-state index in [4.69, 9.17) is 9.15 Å². The standard InChI is InChI=1S/C17H18N2O2/c1-12(10-15-4-3-9-21-15)19-17-16-6-5-14(20-2)11-13(16)7-8-18-17/h3-9,11-12H,10H2,1-2H3,(H,18,19). The molecule has 1 unspecified atom stereocenters. The fourth-order valence-corrected chi connectivity index (χ4v) is 2.41. The average Bonchev–Trinajstić information content (AvgIpc) is 2.99. The molecule has 0 bridgehead atoms. The molecule has 1 N–H and O–H groups in total. The minimum atomic E-state index is 0.233. The van der Waals surface area contributed by atoms with Crippen molar-refractivity contribution in [3.05, 3.63) is 54.6 Å². The predicted molar refractivity (Wildman–Crippen MR) is 83.8 cm³/mol. The van der Waals surface area contributed by atoms with E-state index < -0.39 is 0 Å². The van der Waals surface area contributed by atoms with Gasteiger partial charge in [-0.15, -0.1) is 0 Å². The quantitative estimate of drug-likeness (QED) is 0.771. The Morgan fingerprint density at radius 1 is 1.29 bits per heavy atom. The van der Waals surface area contributed by atoms with Gasteiger partial charge in [0.2, 0.25) is 0 Å². The van der Waals surface area contributed by atoms with Crippen LogP contribution in [0.5, 0.6) is 5.75 Å². The monoisotopic (exact) mass is 282 g/mol. The summed E-state index contributed by atoms with van der Waals surface area (Å²) >= 11 is 0. The normalized spacial score (nSPS) is 12.3. The molecule has 0 spiro atoms. The van der Waals surface area contributed by atoms with E-state index in [1.165, 1.54) is 0 Å². The second-order valence-corrected chi connectivity index (χ2v) is 5.08. The van der Waals surface area contributed by atoms with Crippen molar-refractivity contribution >= 4 is 16.6 Å². The number of furan rings is 1. The summed E-state index contributed by atoms with van der Waals surface area (Å²) < 4.78 is 10.6. The number of methoxy groups -OCH3 is 1. The zero-order chi connectivity index (χ0) is 14.7. The van der Waals surface area contributed by atoms with Crippen LogP contribution in [0.15, 0.2) is 53.3 Å². The van der Waals surface area contributed by atoms with Gasteiger partial charge in [0.1, 0.15) is 17.3 Å². The summed E-state index contributed by atoms with van der Waals surface area (Å²) in [5.41, 5.74) is 0. The van der Waals surface area contributed by atoms with E-state index in [2.05, 4.69) is 17.2 Å². The molecule has 0 amide bonds. The van der Waals surface area contributed by atoms with Gasteiger partial charge in [-0.25, -0.2) is 4.98 Å². The van der Waals surface area contributed by atoms with Crippen LogP contribution in [0.4, 0.5) is 5.82 Å². The van der Waals surface area contributed by atoms with Crippen molar-refractivity contribution in [1.82, 2.24) is 4.98 Å². The Hall–Kier alpha value is -2.49. The van der Waals surface area contributed by atoms with Crippen molar-refractivity contribution in [2.24, 2.45) is 0 Å². The molecular formula is C17H18N2O2. The highest BCUT2D eigenvalue weighted by molar-refractivity contribution is 5.92. The summed E-state index contributed by atoms with van der Waals surface area (Å²) in [5.74, 6) is 2.70. The van der Waals surface area contributed by atoms with Gasteiger partial charge in [-0.1, -0.05) is 0 Å². The molecule has 4 heteroatoms. The van der Waals surface area contributed by atoms with Crippen molar-refractivity contribution in [3.63, 3.8) is 0 Å². The van der Waals surface area contributed by atoms with Gasteiger partial charge in [0.15, 0.2) is 0 Å². The number of aromatic nitrogens is 1. The molecule has 0 saturated heterocycles. The molecule has 2 heterocycles. The molecule has 0 radical (unpaired) electrons. The van der Waals surface area contributed by atoms with Crippen LogP contribution in [-0.4, -0.2) is 18.1 Å². The molecule has 0 saturated carbocycles. The van der Waals surface area contributed by atoms with Crippen molar-refractivity contribution in [3.8, 4) is 5.75 Å². The maximum atomic E-state index is 5.38. The summed E-state index contributed by atoms with van der Waals surface area (Å²) in [7, 11) is 1.67. The first-order valence-electron chi connectivity index (χ1n) is 6.98. The lowest BCUT2D eigenvalue weighted by molar-refractivity contribution is 0.415. The largest absolute Gasteiger partial charge is 0.497 e. The van der Waals surface area contributed by atoms with Crippen LogP contribution in [0, 0.1) is 0 Å². The lowest BCUT2D eigenvalue weighted by Crippen LogP contribution is -2.18. The minimum absolute atomic E-state index is 0.233. The SMILES string of the molecule is COc1ccc2c(NC(C)Cc3ccco3)nccc2c1. The van der Waals surface area contributed by atoms with Crippen LogP contribution in [-0.2, 0) is 6.42 Å². The third kappa shape index (κ3) is 2.99. The zero-order valence-electron chi connectivity index (χ0n) is 12.2. The molecule has 0 aliphatic carbocycles. The molecule has 0 fully saturated rings. The number of ether oxygens (including phenoxy) is 1. The van der Waals surface area contributed by atoms with Crippen LogP contribution in [0.3, 0.4) is 0 Å². The van der Waals surface area contributed by atoms with Crippen LogP contribution < -0.4 is 10.1 Å². The van der Waals surface area contributed by atoms with E-state index >= 15 is 0 Å². The lowest BCUT2D eigenvalue weighted by atomic mass is 10.1. The molecule has 1 atom stereocenters. The number of anilines is 1. The van der Waals surface area contributed by atoms with Crippen molar-refractivity contribution in [2.45, 2.75) is 19.4 Å². The van der Waals surface area contributed by atoms with Gasteiger partial charge in [-0.2, -0.15) is 0 Å².